The van der Waals surface area contributed by atoms with E-state index in [4.69, 9.17) is 0 Å². The van der Waals surface area contributed by atoms with Crippen LogP contribution in [0.1, 0.15) is 0 Å². The van der Waals surface area contributed by atoms with E-state index in [1.165, 1.54) is 27.5 Å². The van der Waals surface area contributed by atoms with Crippen LogP contribution in [0.4, 0.5) is 0 Å². The molecule has 0 fully saturated rings. The molecule has 0 atom stereocenters. The van der Waals surface area contributed by atoms with Crippen LogP contribution in [-0.4, -0.2) is 4.57 Å². The number of para-hydroxylation sites is 2. The highest BCUT2D eigenvalue weighted by atomic mass is 15.0. The normalized spacial score (nSPS) is 11.2. The zero-order chi connectivity index (χ0) is 12.7. The van der Waals surface area contributed by atoms with E-state index in [9.17, 15) is 0 Å². The first-order valence-electron chi connectivity index (χ1n) is 6.40. The highest BCUT2D eigenvalue weighted by Crippen LogP contribution is 2.31. The summed E-state index contributed by atoms with van der Waals surface area (Å²) in [5, 5.41) is 2.56. The van der Waals surface area contributed by atoms with Crippen molar-refractivity contribution in [2.24, 2.45) is 0 Å². The van der Waals surface area contributed by atoms with Crippen LogP contribution in [0.3, 0.4) is 0 Å². The van der Waals surface area contributed by atoms with Crippen LogP contribution in [-0.2, 0) is 0 Å². The van der Waals surface area contributed by atoms with Crippen LogP contribution in [0.5, 0.6) is 0 Å². The molecule has 0 amide bonds. The molecule has 1 heterocycles. The lowest BCUT2D eigenvalue weighted by Crippen LogP contribution is -1.92. The molecule has 0 saturated heterocycles. The Morgan fingerprint density at radius 3 is 2.32 bits per heavy atom. The molecule has 0 saturated carbocycles. The molecule has 1 aromatic heterocycles. The second-order valence-corrected chi connectivity index (χ2v) is 4.63. The topological polar surface area (TPSA) is 4.93 Å². The summed E-state index contributed by atoms with van der Waals surface area (Å²) < 4.78 is 2.29. The van der Waals surface area contributed by atoms with Gasteiger partial charge in [-0.1, -0.05) is 48.5 Å². The van der Waals surface area contributed by atoms with Gasteiger partial charge in [-0.3, -0.25) is 0 Å². The van der Waals surface area contributed by atoms with Crippen molar-refractivity contribution < 1.29 is 0 Å². The molecule has 89 valence electrons. The fourth-order valence-corrected chi connectivity index (χ4v) is 2.72. The quantitative estimate of drug-likeness (QED) is 0.460. The monoisotopic (exact) mass is 242 g/mol. The number of hydrogen-bond donors (Lipinski definition) is 0. The molecule has 0 unspecified atom stereocenters. The summed E-state index contributed by atoms with van der Waals surface area (Å²) in [6, 6.07) is 28.3. The average molecular weight is 242 g/mol. The standard InChI is InChI=1S/C18H12N/c1-2-8-14(9-3-1)19-17-12-6-4-10-15(17)16-11-5-7-13-18(16)19/h1-6,8-13H. The van der Waals surface area contributed by atoms with Crippen LogP contribution in [0.25, 0.3) is 27.5 Å². The van der Waals surface area contributed by atoms with Crippen molar-refractivity contribution in [2.45, 2.75) is 0 Å². The Hall–Kier alpha value is -2.54. The zero-order valence-corrected chi connectivity index (χ0v) is 10.4. The van der Waals surface area contributed by atoms with Crippen LogP contribution in [0.15, 0.2) is 72.8 Å². The van der Waals surface area contributed by atoms with E-state index < -0.39 is 0 Å². The summed E-state index contributed by atoms with van der Waals surface area (Å²) in [7, 11) is 0. The maximum Gasteiger partial charge on any atom is 0.0547 e. The molecule has 0 aliphatic rings. The number of hydrogen-bond acceptors (Lipinski definition) is 0. The van der Waals surface area contributed by atoms with Crippen molar-refractivity contribution in [3.8, 4) is 5.69 Å². The first kappa shape index (κ1) is 10.4. The summed E-state index contributed by atoms with van der Waals surface area (Å²) in [5.41, 5.74) is 3.63. The van der Waals surface area contributed by atoms with E-state index in [0.717, 1.165) is 0 Å². The molecule has 4 aromatic rings. The molecule has 0 aliphatic heterocycles. The van der Waals surface area contributed by atoms with Crippen LogP contribution in [0.2, 0.25) is 0 Å². The molecule has 1 nitrogen and oxygen atoms in total. The molecule has 19 heavy (non-hydrogen) atoms. The third-order valence-electron chi connectivity index (χ3n) is 3.53. The van der Waals surface area contributed by atoms with E-state index in [-0.39, 0.29) is 0 Å². The molecular formula is C18H12N. The van der Waals surface area contributed by atoms with Gasteiger partial charge >= 0.3 is 0 Å². The lowest BCUT2D eigenvalue weighted by molar-refractivity contribution is 1.18. The lowest BCUT2D eigenvalue weighted by Gasteiger charge is -2.06. The van der Waals surface area contributed by atoms with E-state index in [1.54, 1.807) is 0 Å². The molecule has 0 N–H and O–H groups in total. The minimum Gasteiger partial charge on any atom is -0.309 e. The van der Waals surface area contributed by atoms with Gasteiger partial charge in [0.25, 0.3) is 0 Å². The van der Waals surface area contributed by atoms with Crippen molar-refractivity contribution >= 4 is 21.8 Å². The Morgan fingerprint density at radius 2 is 1.42 bits per heavy atom. The second-order valence-electron chi connectivity index (χ2n) is 4.63. The smallest absolute Gasteiger partial charge is 0.0547 e. The minimum absolute atomic E-state index is 1.19. The molecular weight excluding hydrogens is 230 g/mol. The SMILES string of the molecule is [c]1ccc2c3ccccc3n(-c3ccccc3)c2c1. The van der Waals surface area contributed by atoms with Crippen LogP contribution >= 0.6 is 0 Å². The van der Waals surface area contributed by atoms with E-state index >= 15 is 0 Å². The predicted molar refractivity (Wildman–Crippen MR) is 79.6 cm³/mol. The Labute approximate surface area is 111 Å². The predicted octanol–water partition coefficient (Wildman–Crippen LogP) is 4.58. The van der Waals surface area contributed by atoms with Gasteiger partial charge in [0, 0.05) is 16.5 Å². The number of fused-ring (bicyclic) bond motifs is 3. The third-order valence-corrected chi connectivity index (χ3v) is 3.53. The number of rotatable bonds is 1. The zero-order valence-electron chi connectivity index (χ0n) is 10.4. The number of benzene rings is 3. The molecule has 0 bridgehead atoms. The van der Waals surface area contributed by atoms with Gasteiger partial charge < -0.3 is 4.57 Å². The summed E-state index contributed by atoms with van der Waals surface area (Å²) in [6.07, 6.45) is 0. The molecule has 1 radical (unpaired) electrons. The van der Waals surface area contributed by atoms with Crippen molar-refractivity contribution in [2.75, 3.05) is 0 Å². The Morgan fingerprint density at radius 1 is 0.684 bits per heavy atom. The first-order chi connectivity index (χ1) is 9.45. The molecule has 0 aliphatic carbocycles. The van der Waals surface area contributed by atoms with Gasteiger partial charge in [-0.05, 0) is 30.3 Å². The van der Waals surface area contributed by atoms with Gasteiger partial charge in [0.1, 0.15) is 0 Å². The van der Waals surface area contributed by atoms with Crippen molar-refractivity contribution in [1.82, 2.24) is 4.57 Å². The van der Waals surface area contributed by atoms with E-state index in [1.807, 2.05) is 12.1 Å². The summed E-state index contributed by atoms with van der Waals surface area (Å²) in [5.74, 6) is 0. The summed E-state index contributed by atoms with van der Waals surface area (Å²) >= 11 is 0. The maximum atomic E-state index is 3.19. The number of aromatic nitrogens is 1. The van der Waals surface area contributed by atoms with Gasteiger partial charge in [-0.25, -0.2) is 0 Å². The van der Waals surface area contributed by atoms with Gasteiger partial charge in [0.05, 0.1) is 11.0 Å². The summed E-state index contributed by atoms with van der Waals surface area (Å²) in [4.78, 5) is 0. The Balaban J connectivity index is 2.24. The van der Waals surface area contributed by atoms with E-state index in [0.29, 0.717) is 0 Å². The minimum atomic E-state index is 1.19. The van der Waals surface area contributed by atoms with E-state index in [2.05, 4.69) is 71.3 Å². The van der Waals surface area contributed by atoms with Crippen molar-refractivity contribution in [1.29, 1.82) is 0 Å². The average Bonchev–Trinajstić information content (AvgIpc) is 2.83. The molecule has 1 heteroatoms. The molecule has 3 aromatic carbocycles. The van der Waals surface area contributed by atoms with Crippen molar-refractivity contribution in [3.05, 3.63) is 78.9 Å². The van der Waals surface area contributed by atoms with Gasteiger partial charge in [-0.2, -0.15) is 0 Å². The van der Waals surface area contributed by atoms with Crippen LogP contribution in [0, 0.1) is 6.07 Å². The van der Waals surface area contributed by atoms with Crippen molar-refractivity contribution in [3.63, 3.8) is 0 Å². The van der Waals surface area contributed by atoms with Crippen LogP contribution < -0.4 is 0 Å². The summed E-state index contributed by atoms with van der Waals surface area (Å²) in [6.45, 7) is 0. The Kier molecular flexibility index (Phi) is 2.18. The number of nitrogens with zero attached hydrogens (tertiary/aromatic N) is 1. The molecule has 4 rings (SSSR count). The van der Waals surface area contributed by atoms with Gasteiger partial charge in [0.15, 0.2) is 0 Å². The maximum absolute atomic E-state index is 3.19. The fraction of sp³-hybridized carbons (Fsp3) is 0. The first-order valence-corrected chi connectivity index (χ1v) is 6.40. The van der Waals surface area contributed by atoms with Gasteiger partial charge in [0.2, 0.25) is 0 Å². The third kappa shape index (κ3) is 1.48. The van der Waals surface area contributed by atoms with Gasteiger partial charge in [-0.15, -0.1) is 0 Å². The lowest BCUT2D eigenvalue weighted by atomic mass is 10.2. The highest BCUT2D eigenvalue weighted by Gasteiger charge is 2.10. The second kappa shape index (κ2) is 3.99. The largest absolute Gasteiger partial charge is 0.309 e. The molecule has 0 spiro atoms. The highest BCUT2D eigenvalue weighted by molar-refractivity contribution is 6.09. The fourth-order valence-electron chi connectivity index (χ4n) is 2.72. The Bertz CT molecular complexity index is 803.